The first-order valence-corrected chi connectivity index (χ1v) is 11.0. The molecule has 2 aromatic rings. The lowest BCUT2D eigenvalue weighted by atomic mass is 9.84. The van der Waals surface area contributed by atoms with Gasteiger partial charge in [0.25, 0.3) is 5.85 Å². The fourth-order valence-corrected chi connectivity index (χ4v) is 5.33. The lowest BCUT2D eigenvalue weighted by molar-refractivity contribution is -0.143. The lowest BCUT2D eigenvalue weighted by Crippen LogP contribution is -2.70. The third kappa shape index (κ3) is 2.87. The number of hydrogen-bond donors (Lipinski definition) is 0. The van der Waals surface area contributed by atoms with E-state index >= 15 is 0 Å². The predicted molar refractivity (Wildman–Crippen MR) is 128 cm³/mol. The second-order valence-electron chi connectivity index (χ2n) is 9.83. The normalized spacial score (nSPS) is 21.3. The zero-order chi connectivity index (χ0) is 23.7. The van der Waals surface area contributed by atoms with E-state index in [1.807, 2.05) is 41.5 Å². The van der Waals surface area contributed by atoms with Gasteiger partial charge in [-0.25, -0.2) is 0 Å². The first-order valence-electron chi connectivity index (χ1n) is 11.0. The summed E-state index contributed by atoms with van der Waals surface area (Å²) >= 11 is 0. The number of rotatable bonds is 3. The van der Waals surface area contributed by atoms with Crippen LogP contribution in [0.15, 0.2) is 36.9 Å². The van der Waals surface area contributed by atoms with Crippen LogP contribution in [-0.2, 0) is 14.3 Å². The summed E-state index contributed by atoms with van der Waals surface area (Å²) in [6.45, 7) is 19.4. The zero-order valence-electron chi connectivity index (χ0n) is 20.3. The number of benzene rings is 2. The highest BCUT2D eigenvalue weighted by Gasteiger charge is 2.74. The van der Waals surface area contributed by atoms with Crippen molar-refractivity contribution in [2.24, 2.45) is 5.41 Å². The molecule has 2 amide bonds. The number of carbonyl (C=O) groups is 2. The fourth-order valence-electron chi connectivity index (χ4n) is 5.33. The van der Waals surface area contributed by atoms with Crippen molar-refractivity contribution in [1.29, 1.82) is 0 Å². The van der Waals surface area contributed by atoms with Gasteiger partial charge in [-0.05, 0) is 77.6 Å². The Labute approximate surface area is 190 Å². The van der Waals surface area contributed by atoms with E-state index in [2.05, 4.69) is 30.8 Å². The maximum atomic E-state index is 13.9. The van der Waals surface area contributed by atoms with Crippen LogP contribution in [0.25, 0.3) is 0 Å². The Morgan fingerprint density at radius 2 is 1.12 bits per heavy atom. The van der Waals surface area contributed by atoms with Crippen LogP contribution in [0.5, 0.6) is 0 Å². The van der Waals surface area contributed by atoms with E-state index in [0.717, 1.165) is 44.8 Å². The van der Waals surface area contributed by atoms with Crippen molar-refractivity contribution in [3.05, 3.63) is 70.3 Å². The standard InChI is InChI=1S/C27H32N2O3/c1-10-21-27(32-21)28(22-17(4)11-15(2)12-18(22)5)24(30)26(8,9)25(31)29(27)23-19(6)13-16(3)14-20(23)7/h10-14,21H,1H2,2-9H3. The van der Waals surface area contributed by atoms with Gasteiger partial charge in [0, 0.05) is 0 Å². The molecule has 2 aliphatic rings. The first-order chi connectivity index (χ1) is 14.9. The summed E-state index contributed by atoms with van der Waals surface area (Å²) in [6, 6.07) is 8.24. The van der Waals surface area contributed by atoms with E-state index in [0.29, 0.717) is 0 Å². The molecule has 5 heteroatoms. The number of hydrogen-bond acceptors (Lipinski definition) is 3. The maximum absolute atomic E-state index is 13.9. The van der Waals surface area contributed by atoms with Crippen molar-refractivity contribution < 1.29 is 14.3 Å². The molecule has 0 aliphatic carbocycles. The second-order valence-corrected chi connectivity index (χ2v) is 9.83. The topological polar surface area (TPSA) is 53.2 Å². The third-order valence-electron chi connectivity index (χ3n) is 6.66. The van der Waals surface area contributed by atoms with Crippen LogP contribution >= 0.6 is 0 Å². The van der Waals surface area contributed by atoms with E-state index in [-0.39, 0.29) is 11.8 Å². The van der Waals surface area contributed by atoms with E-state index in [9.17, 15) is 9.59 Å². The molecule has 0 radical (unpaired) electrons. The molecule has 32 heavy (non-hydrogen) atoms. The van der Waals surface area contributed by atoms with Crippen LogP contribution in [0.3, 0.4) is 0 Å². The number of carbonyl (C=O) groups excluding carboxylic acids is 2. The zero-order valence-corrected chi connectivity index (χ0v) is 20.3. The average Bonchev–Trinajstić information content (AvgIpc) is 3.39. The van der Waals surface area contributed by atoms with Crippen molar-refractivity contribution in [2.75, 3.05) is 9.80 Å². The fraction of sp³-hybridized carbons (Fsp3) is 0.407. The Bertz CT molecular complexity index is 1050. The quantitative estimate of drug-likeness (QED) is 0.381. The summed E-state index contributed by atoms with van der Waals surface area (Å²) in [4.78, 5) is 31.3. The van der Waals surface area contributed by atoms with Gasteiger partial charge in [-0.2, -0.15) is 0 Å². The minimum atomic E-state index is -1.26. The highest BCUT2D eigenvalue weighted by atomic mass is 16.7. The Hall–Kier alpha value is -2.92. The molecule has 4 rings (SSSR count). The number of aryl methyl sites for hydroxylation is 6. The maximum Gasteiger partial charge on any atom is 0.267 e. The molecule has 2 heterocycles. The summed E-state index contributed by atoms with van der Waals surface area (Å²) in [5.41, 5.74) is 6.44. The SMILES string of the molecule is C=CC1OC12N(c1c(C)cc(C)cc1C)C(=O)C(C)(C)C(=O)N2c1c(C)cc(C)cc1C. The minimum Gasteiger partial charge on any atom is -0.320 e. The summed E-state index contributed by atoms with van der Waals surface area (Å²) in [6.07, 6.45) is 1.18. The molecule has 1 unspecified atom stereocenters. The van der Waals surface area contributed by atoms with E-state index in [4.69, 9.17) is 4.74 Å². The minimum absolute atomic E-state index is 0.263. The van der Waals surface area contributed by atoms with Gasteiger partial charge >= 0.3 is 0 Å². The molecular formula is C27H32N2O3. The number of epoxide rings is 1. The van der Waals surface area contributed by atoms with Crippen LogP contribution in [0, 0.1) is 47.0 Å². The van der Waals surface area contributed by atoms with Gasteiger partial charge in [0.1, 0.15) is 11.5 Å². The highest BCUT2D eigenvalue weighted by Crippen LogP contribution is 2.55. The van der Waals surface area contributed by atoms with Gasteiger partial charge in [0.2, 0.25) is 11.8 Å². The number of ether oxygens (including phenoxy) is 1. The molecule has 2 fully saturated rings. The monoisotopic (exact) mass is 432 g/mol. The molecule has 2 aromatic carbocycles. The number of nitrogens with zero attached hydrogens (tertiary/aromatic N) is 2. The molecule has 2 saturated heterocycles. The Kier molecular flexibility index (Phi) is 4.90. The van der Waals surface area contributed by atoms with Gasteiger partial charge in [0.05, 0.1) is 11.4 Å². The second kappa shape index (κ2) is 7.04. The molecule has 1 spiro atoms. The molecular weight excluding hydrogens is 400 g/mol. The molecule has 0 aromatic heterocycles. The van der Waals surface area contributed by atoms with Gasteiger partial charge in [-0.1, -0.05) is 41.5 Å². The Morgan fingerprint density at radius 3 is 1.41 bits per heavy atom. The van der Waals surface area contributed by atoms with E-state index in [1.165, 1.54) is 0 Å². The van der Waals surface area contributed by atoms with Crippen molar-refractivity contribution in [2.45, 2.75) is 67.3 Å². The highest BCUT2D eigenvalue weighted by molar-refractivity contribution is 6.21. The predicted octanol–water partition coefficient (Wildman–Crippen LogP) is 5.18. The lowest BCUT2D eigenvalue weighted by Gasteiger charge is -2.49. The van der Waals surface area contributed by atoms with Crippen molar-refractivity contribution in [1.82, 2.24) is 0 Å². The molecule has 0 N–H and O–H groups in total. The summed E-state index contributed by atoms with van der Waals surface area (Å²) < 4.78 is 6.24. The molecule has 168 valence electrons. The first kappa shape index (κ1) is 22.3. The van der Waals surface area contributed by atoms with Crippen LogP contribution in [0.2, 0.25) is 0 Å². The van der Waals surface area contributed by atoms with Crippen LogP contribution in [0.1, 0.15) is 47.2 Å². The Morgan fingerprint density at radius 1 is 0.781 bits per heavy atom. The molecule has 0 saturated carbocycles. The molecule has 0 bridgehead atoms. The average molecular weight is 433 g/mol. The van der Waals surface area contributed by atoms with Gasteiger partial charge in [-0.3, -0.25) is 19.4 Å². The molecule has 5 nitrogen and oxygen atoms in total. The summed E-state index contributed by atoms with van der Waals surface area (Å²) in [7, 11) is 0. The Balaban J connectivity index is 2.06. The largest absolute Gasteiger partial charge is 0.320 e. The molecule has 2 aliphatic heterocycles. The van der Waals surface area contributed by atoms with Crippen LogP contribution < -0.4 is 9.80 Å². The summed E-state index contributed by atoms with van der Waals surface area (Å²) in [5, 5.41) is 0. The van der Waals surface area contributed by atoms with Crippen molar-refractivity contribution in [3.8, 4) is 0 Å². The summed E-state index contributed by atoms with van der Waals surface area (Å²) in [5.74, 6) is -1.79. The van der Waals surface area contributed by atoms with Gasteiger partial charge in [-0.15, -0.1) is 6.58 Å². The van der Waals surface area contributed by atoms with Gasteiger partial charge < -0.3 is 4.74 Å². The van der Waals surface area contributed by atoms with Crippen molar-refractivity contribution >= 4 is 23.2 Å². The number of anilines is 2. The van der Waals surface area contributed by atoms with Gasteiger partial charge in [0.15, 0.2) is 0 Å². The van der Waals surface area contributed by atoms with Crippen molar-refractivity contribution in [3.63, 3.8) is 0 Å². The number of amides is 2. The third-order valence-corrected chi connectivity index (χ3v) is 6.66. The molecule has 1 atom stereocenters. The van der Waals surface area contributed by atoms with E-state index < -0.39 is 17.4 Å². The van der Waals surface area contributed by atoms with E-state index in [1.54, 1.807) is 29.7 Å². The van der Waals surface area contributed by atoms with Crippen LogP contribution in [0.4, 0.5) is 11.4 Å². The smallest absolute Gasteiger partial charge is 0.267 e. The van der Waals surface area contributed by atoms with Crippen LogP contribution in [-0.4, -0.2) is 23.8 Å².